The van der Waals surface area contributed by atoms with Gasteiger partial charge in [-0.15, -0.1) is 0 Å². The number of benzene rings is 1. The lowest BCUT2D eigenvalue weighted by Gasteiger charge is -2.18. The van der Waals surface area contributed by atoms with Crippen molar-refractivity contribution in [3.8, 4) is 5.75 Å². The van der Waals surface area contributed by atoms with Crippen LogP contribution in [0.1, 0.15) is 28.8 Å². The summed E-state index contributed by atoms with van der Waals surface area (Å²) in [5.41, 5.74) is 1.49. The van der Waals surface area contributed by atoms with Crippen molar-refractivity contribution in [2.75, 3.05) is 7.11 Å². The first-order valence-corrected chi connectivity index (χ1v) is 6.61. The van der Waals surface area contributed by atoms with Gasteiger partial charge in [-0.1, -0.05) is 12.1 Å². The number of amides is 1. The minimum Gasteiger partial charge on any atom is -0.497 e. The predicted octanol–water partition coefficient (Wildman–Crippen LogP) is 2.51. The fourth-order valence-electron chi connectivity index (χ4n) is 2.32. The normalized spacial score (nSPS) is 15.4. The van der Waals surface area contributed by atoms with Crippen molar-refractivity contribution < 1.29 is 9.53 Å². The molecule has 1 N–H and O–H groups in total. The Morgan fingerprint density at radius 1 is 1.25 bits per heavy atom. The van der Waals surface area contributed by atoms with Gasteiger partial charge in [-0.25, -0.2) is 0 Å². The van der Waals surface area contributed by atoms with E-state index in [0.717, 1.165) is 24.2 Å². The predicted molar refractivity (Wildman–Crippen MR) is 75.6 cm³/mol. The summed E-state index contributed by atoms with van der Waals surface area (Å²) in [4.78, 5) is 16.2. The van der Waals surface area contributed by atoms with E-state index < -0.39 is 0 Å². The number of rotatable bonds is 4. The molecular weight excluding hydrogens is 252 g/mol. The summed E-state index contributed by atoms with van der Waals surface area (Å²) in [6.07, 6.45) is 5.16. The van der Waals surface area contributed by atoms with Crippen molar-refractivity contribution in [3.05, 3.63) is 59.9 Å². The van der Waals surface area contributed by atoms with E-state index in [0.29, 0.717) is 5.56 Å². The zero-order valence-corrected chi connectivity index (χ0v) is 11.3. The summed E-state index contributed by atoms with van der Waals surface area (Å²) < 4.78 is 5.25. The number of hydrogen-bond donors (Lipinski definition) is 1. The molecule has 0 radical (unpaired) electrons. The number of nitrogens with one attached hydrogen (secondary N) is 1. The quantitative estimate of drug-likeness (QED) is 0.927. The van der Waals surface area contributed by atoms with Crippen LogP contribution in [-0.2, 0) is 5.54 Å². The lowest BCUT2D eigenvalue weighted by Crippen LogP contribution is -2.34. The number of aromatic nitrogens is 1. The maximum Gasteiger partial charge on any atom is 0.252 e. The second-order valence-corrected chi connectivity index (χ2v) is 5.00. The van der Waals surface area contributed by atoms with Gasteiger partial charge in [-0.05, 0) is 42.7 Å². The SMILES string of the molecule is COc1cccc(C2(NC(=O)c3ccncc3)CC2)c1. The molecule has 1 fully saturated rings. The van der Waals surface area contributed by atoms with Crippen LogP contribution in [0.3, 0.4) is 0 Å². The molecule has 4 heteroatoms. The molecule has 0 bridgehead atoms. The monoisotopic (exact) mass is 268 g/mol. The maximum atomic E-state index is 12.3. The van der Waals surface area contributed by atoms with Crippen molar-refractivity contribution in [2.24, 2.45) is 0 Å². The average Bonchev–Trinajstić information content (AvgIpc) is 3.29. The standard InChI is InChI=1S/C16H16N2O2/c1-20-14-4-2-3-13(11-14)16(7-8-16)18-15(19)12-5-9-17-10-6-12/h2-6,9-11H,7-8H2,1H3,(H,18,19). The molecule has 2 aromatic rings. The maximum absolute atomic E-state index is 12.3. The number of methoxy groups -OCH3 is 1. The third-order valence-corrected chi connectivity index (χ3v) is 3.67. The Morgan fingerprint density at radius 3 is 2.65 bits per heavy atom. The zero-order chi connectivity index (χ0) is 14.0. The van der Waals surface area contributed by atoms with Gasteiger partial charge in [0.05, 0.1) is 12.6 Å². The zero-order valence-electron chi connectivity index (χ0n) is 11.3. The van der Waals surface area contributed by atoms with Crippen molar-refractivity contribution in [1.82, 2.24) is 10.3 Å². The summed E-state index contributed by atoms with van der Waals surface area (Å²) in [5, 5.41) is 3.13. The molecule has 4 nitrogen and oxygen atoms in total. The van der Waals surface area contributed by atoms with Gasteiger partial charge in [0, 0.05) is 18.0 Å². The summed E-state index contributed by atoms with van der Waals surface area (Å²) in [6.45, 7) is 0. The van der Waals surface area contributed by atoms with Gasteiger partial charge in [-0.2, -0.15) is 0 Å². The minimum absolute atomic E-state index is 0.0623. The third-order valence-electron chi connectivity index (χ3n) is 3.67. The van der Waals surface area contributed by atoms with Crippen LogP contribution in [0.2, 0.25) is 0 Å². The number of hydrogen-bond acceptors (Lipinski definition) is 3. The smallest absolute Gasteiger partial charge is 0.252 e. The van der Waals surface area contributed by atoms with E-state index in [1.165, 1.54) is 0 Å². The molecule has 3 rings (SSSR count). The molecule has 0 atom stereocenters. The Kier molecular flexibility index (Phi) is 3.14. The summed E-state index contributed by atoms with van der Waals surface area (Å²) in [5.74, 6) is 0.750. The van der Waals surface area contributed by atoms with Crippen molar-refractivity contribution >= 4 is 5.91 Å². The number of carbonyl (C=O) groups is 1. The molecule has 1 heterocycles. The highest BCUT2D eigenvalue weighted by atomic mass is 16.5. The molecule has 20 heavy (non-hydrogen) atoms. The van der Waals surface area contributed by atoms with Gasteiger partial charge in [-0.3, -0.25) is 9.78 Å². The van der Waals surface area contributed by atoms with Gasteiger partial charge in [0.15, 0.2) is 0 Å². The average molecular weight is 268 g/mol. The van der Waals surface area contributed by atoms with Crippen LogP contribution >= 0.6 is 0 Å². The lowest BCUT2D eigenvalue weighted by atomic mass is 10.0. The minimum atomic E-state index is -0.241. The number of carbonyl (C=O) groups excluding carboxylic acids is 1. The summed E-state index contributed by atoms with van der Waals surface area (Å²) >= 11 is 0. The first kappa shape index (κ1) is 12.7. The van der Waals surface area contributed by atoms with E-state index in [-0.39, 0.29) is 11.4 Å². The van der Waals surface area contributed by atoms with Crippen LogP contribution in [0.4, 0.5) is 0 Å². The molecule has 1 aliphatic carbocycles. The largest absolute Gasteiger partial charge is 0.497 e. The molecule has 0 aliphatic heterocycles. The van der Waals surface area contributed by atoms with E-state index in [4.69, 9.17) is 4.74 Å². The van der Waals surface area contributed by atoms with Crippen molar-refractivity contribution in [3.63, 3.8) is 0 Å². The molecule has 0 saturated heterocycles. The number of ether oxygens (including phenoxy) is 1. The van der Waals surface area contributed by atoms with Crippen LogP contribution in [0.15, 0.2) is 48.8 Å². The third kappa shape index (κ3) is 2.37. The van der Waals surface area contributed by atoms with Gasteiger partial charge in [0.2, 0.25) is 0 Å². The molecular formula is C16H16N2O2. The van der Waals surface area contributed by atoms with Crippen LogP contribution in [-0.4, -0.2) is 18.0 Å². The molecule has 102 valence electrons. The van der Waals surface area contributed by atoms with Crippen molar-refractivity contribution in [2.45, 2.75) is 18.4 Å². The van der Waals surface area contributed by atoms with E-state index in [9.17, 15) is 4.79 Å². The Labute approximate surface area is 117 Å². The van der Waals surface area contributed by atoms with E-state index in [1.54, 1.807) is 31.6 Å². The second kappa shape index (κ2) is 4.96. The number of nitrogens with zero attached hydrogens (tertiary/aromatic N) is 1. The van der Waals surface area contributed by atoms with E-state index >= 15 is 0 Å². The number of pyridine rings is 1. The molecule has 1 amide bonds. The summed E-state index contributed by atoms with van der Waals surface area (Å²) in [7, 11) is 1.65. The van der Waals surface area contributed by atoms with Crippen molar-refractivity contribution in [1.29, 1.82) is 0 Å². The van der Waals surface area contributed by atoms with Gasteiger partial charge in [0.25, 0.3) is 5.91 Å². The molecule has 1 aromatic carbocycles. The van der Waals surface area contributed by atoms with Gasteiger partial charge >= 0.3 is 0 Å². The van der Waals surface area contributed by atoms with Crippen LogP contribution in [0.5, 0.6) is 5.75 Å². The molecule has 0 spiro atoms. The fourth-order valence-corrected chi connectivity index (χ4v) is 2.32. The lowest BCUT2D eigenvalue weighted by molar-refractivity contribution is 0.0930. The summed E-state index contributed by atoms with van der Waals surface area (Å²) in [6, 6.07) is 11.3. The van der Waals surface area contributed by atoms with Gasteiger partial charge in [0.1, 0.15) is 5.75 Å². The topological polar surface area (TPSA) is 51.2 Å². The molecule has 0 unspecified atom stereocenters. The van der Waals surface area contributed by atoms with Crippen LogP contribution in [0.25, 0.3) is 0 Å². The Hall–Kier alpha value is -2.36. The Bertz CT molecular complexity index is 621. The highest BCUT2D eigenvalue weighted by Crippen LogP contribution is 2.46. The van der Waals surface area contributed by atoms with E-state index in [1.807, 2.05) is 24.3 Å². The highest BCUT2D eigenvalue weighted by Gasteiger charge is 2.45. The Balaban J connectivity index is 1.81. The fraction of sp³-hybridized carbons (Fsp3) is 0.250. The molecule has 1 saturated carbocycles. The first-order valence-electron chi connectivity index (χ1n) is 6.61. The molecule has 1 aliphatic rings. The highest BCUT2D eigenvalue weighted by molar-refractivity contribution is 5.94. The first-order chi connectivity index (χ1) is 9.73. The van der Waals surface area contributed by atoms with Crippen LogP contribution < -0.4 is 10.1 Å². The van der Waals surface area contributed by atoms with Gasteiger partial charge < -0.3 is 10.1 Å². The van der Waals surface area contributed by atoms with Crippen LogP contribution in [0, 0.1) is 0 Å². The van der Waals surface area contributed by atoms with E-state index in [2.05, 4.69) is 10.3 Å². The molecule has 1 aromatic heterocycles. The Morgan fingerprint density at radius 2 is 2.00 bits per heavy atom. The second-order valence-electron chi connectivity index (χ2n) is 5.00.